The SMILES string of the molecule is CCNC(=NCc1csc(N(C)C)n1)NC1CCN(C(=O)C(C)C)C1. The van der Waals surface area contributed by atoms with Crippen molar-refractivity contribution in [1.82, 2.24) is 20.5 Å². The van der Waals surface area contributed by atoms with Gasteiger partial charge in [-0.1, -0.05) is 13.8 Å². The Kier molecular flexibility index (Phi) is 7.04. The molecule has 1 aromatic rings. The molecule has 0 spiro atoms. The first-order chi connectivity index (χ1) is 11.9. The van der Waals surface area contributed by atoms with Crippen LogP contribution in [0.25, 0.3) is 0 Å². The molecular weight excluding hydrogens is 336 g/mol. The van der Waals surface area contributed by atoms with Crippen molar-refractivity contribution >= 4 is 28.3 Å². The van der Waals surface area contributed by atoms with E-state index < -0.39 is 0 Å². The zero-order chi connectivity index (χ0) is 18.4. The minimum atomic E-state index is 0.0520. The fourth-order valence-corrected chi connectivity index (χ4v) is 3.44. The molecule has 0 aromatic carbocycles. The molecule has 140 valence electrons. The highest BCUT2D eigenvalue weighted by Crippen LogP contribution is 2.18. The van der Waals surface area contributed by atoms with Gasteiger partial charge in [0.15, 0.2) is 11.1 Å². The quantitative estimate of drug-likeness (QED) is 0.590. The van der Waals surface area contributed by atoms with Gasteiger partial charge in [-0.05, 0) is 13.3 Å². The molecule has 2 heterocycles. The van der Waals surface area contributed by atoms with Crippen LogP contribution in [-0.4, -0.2) is 61.5 Å². The van der Waals surface area contributed by atoms with Gasteiger partial charge >= 0.3 is 0 Å². The number of hydrogen-bond acceptors (Lipinski definition) is 5. The van der Waals surface area contributed by atoms with Crippen LogP contribution >= 0.6 is 11.3 Å². The van der Waals surface area contributed by atoms with E-state index in [1.54, 1.807) is 11.3 Å². The van der Waals surface area contributed by atoms with Gasteiger partial charge in [0.05, 0.1) is 12.2 Å². The number of aliphatic imine (C=N–C) groups is 1. The molecule has 1 amide bonds. The molecule has 1 atom stereocenters. The summed E-state index contributed by atoms with van der Waals surface area (Å²) >= 11 is 1.62. The van der Waals surface area contributed by atoms with Crippen molar-refractivity contribution in [2.75, 3.05) is 38.6 Å². The predicted octanol–water partition coefficient (Wildman–Crippen LogP) is 1.52. The van der Waals surface area contributed by atoms with E-state index in [1.165, 1.54) is 0 Å². The zero-order valence-corrected chi connectivity index (χ0v) is 16.7. The van der Waals surface area contributed by atoms with Crippen LogP contribution in [0, 0.1) is 5.92 Å². The molecule has 0 bridgehead atoms. The minimum absolute atomic E-state index is 0.0520. The summed E-state index contributed by atoms with van der Waals surface area (Å²) in [5.74, 6) is 1.06. The fourth-order valence-electron chi connectivity index (χ4n) is 2.69. The smallest absolute Gasteiger partial charge is 0.225 e. The number of anilines is 1. The van der Waals surface area contributed by atoms with Crippen LogP contribution in [0.15, 0.2) is 10.4 Å². The maximum absolute atomic E-state index is 12.1. The van der Waals surface area contributed by atoms with Gasteiger partial charge in [0.1, 0.15) is 0 Å². The van der Waals surface area contributed by atoms with Gasteiger partial charge in [-0.3, -0.25) is 4.79 Å². The van der Waals surface area contributed by atoms with Crippen LogP contribution in [0.2, 0.25) is 0 Å². The molecule has 0 saturated carbocycles. The van der Waals surface area contributed by atoms with E-state index in [9.17, 15) is 4.79 Å². The summed E-state index contributed by atoms with van der Waals surface area (Å²) < 4.78 is 0. The van der Waals surface area contributed by atoms with Crippen molar-refractivity contribution in [1.29, 1.82) is 0 Å². The van der Waals surface area contributed by atoms with E-state index in [0.29, 0.717) is 6.54 Å². The molecule has 7 nitrogen and oxygen atoms in total. The minimum Gasteiger partial charge on any atom is -0.357 e. The molecule has 1 fully saturated rings. The molecule has 1 aromatic heterocycles. The van der Waals surface area contributed by atoms with Crippen molar-refractivity contribution in [3.05, 3.63) is 11.1 Å². The lowest BCUT2D eigenvalue weighted by atomic mass is 10.2. The molecule has 25 heavy (non-hydrogen) atoms. The van der Waals surface area contributed by atoms with Crippen molar-refractivity contribution in [3.63, 3.8) is 0 Å². The molecule has 0 radical (unpaired) electrons. The second-order valence-corrected chi connectivity index (χ2v) is 7.62. The monoisotopic (exact) mass is 366 g/mol. The first kappa shape index (κ1) is 19.5. The van der Waals surface area contributed by atoms with Crippen LogP contribution in [0.4, 0.5) is 5.13 Å². The van der Waals surface area contributed by atoms with Crippen LogP contribution in [0.3, 0.4) is 0 Å². The molecule has 0 aliphatic carbocycles. The van der Waals surface area contributed by atoms with Gasteiger partial charge in [-0.15, -0.1) is 11.3 Å². The molecular formula is C17H30N6OS. The Hall–Kier alpha value is -1.83. The predicted molar refractivity (Wildman–Crippen MR) is 104 cm³/mol. The third kappa shape index (κ3) is 5.59. The first-order valence-corrected chi connectivity index (χ1v) is 9.74. The molecule has 2 rings (SSSR count). The summed E-state index contributed by atoms with van der Waals surface area (Å²) in [5.41, 5.74) is 0.967. The number of aromatic nitrogens is 1. The maximum atomic E-state index is 12.1. The van der Waals surface area contributed by atoms with E-state index in [4.69, 9.17) is 0 Å². The Morgan fingerprint density at radius 3 is 2.88 bits per heavy atom. The van der Waals surface area contributed by atoms with Gasteiger partial charge in [0, 0.05) is 51.1 Å². The highest BCUT2D eigenvalue weighted by molar-refractivity contribution is 7.13. The summed E-state index contributed by atoms with van der Waals surface area (Å²) in [6.07, 6.45) is 0.949. The largest absolute Gasteiger partial charge is 0.357 e. The standard InChI is InChI=1S/C17H30N6OS/c1-6-18-16(19-9-14-11-25-17(21-14)22(4)5)20-13-7-8-23(10-13)15(24)12(2)3/h11-13H,6-10H2,1-5H3,(H2,18,19,20). The lowest BCUT2D eigenvalue weighted by Gasteiger charge is -2.20. The summed E-state index contributed by atoms with van der Waals surface area (Å²) in [7, 11) is 3.98. The van der Waals surface area contributed by atoms with Crippen LogP contribution in [0.1, 0.15) is 32.9 Å². The van der Waals surface area contributed by atoms with Crippen molar-refractivity contribution < 1.29 is 4.79 Å². The molecule has 2 N–H and O–H groups in total. The van der Waals surface area contributed by atoms with Gasteiger partial charge in [-0.25, -0.2) is 9.98 Å². The molecule has 1 aliphatic heterocycles. The van der Waals surface area contributed by atoms with E-state index in [1.807, 2.05) is 50.0 Å². The summed E-state index contributed by atoms with van der Waals surface area (Å²) in [6.45, 7) is 8.84. The summed E-state index contributed by atoms with van der Waals surface area (Å²) in [6, 6.07) is 0.244. The number of amides is 1. The average Bonchev–Trinajstić information content (AvgIpc) is 3.21. The number of likely N-dealkylation sites (tertiary alicyclic amines) is 1. The Morgan fingerprint density at radius 2 is 2.28 bits per heavy atom. The topological polar surface area (TPSA) is 72.9 Å². The number of carbonyl (C=O) groups is 1. The van der Waals surface area contributed by atoms with Crippen molar-refractivity contribution in [3.8, 4) is 0 Å². The van der Waals surface area contributed by atoms with Crippen LogP contribution in [0.5, 0.6) is 0 Å². The van der Waals surface area contributed by atoms with Gasteiger partial charge < -0.3 is 20.4 Å². The Morgan fingerprint density at radius 1 is 1.52 bits per heavy atom. The van der Waals surface area contributed by atoms with Crippen LogP contribution < -0.4 is 15.5 Å². The van der Waals surface area contributed by atoms with Crippen molar-refractivity contribution in [2.24, 2.45) is 10.9 Å². The number of guanidine groups is 1. The van der Waals surface area contributed by atoms with E-state index in [2.05, 4.69) is 20.6 Å². The molecule has 1 aliphatic rings. The lowest BCUT2D eigenvalue weighted by Crippen LogP contribution is -2.45. The Balaban J connectivity index is 1.92. The highest BCUT2D eigenvalue weighted by atomic mass is 32.1. The Bertz CT molecular complexity index is 598. The van der Waals surface area contributed by atoms with E-state index in [0.717, 1.165) is 42.8 Å². The number of nitrogens with zero attached hydrogens (tertiary/aromatic N) is 4. The summed E-state index contributed by atoms with van der Waals surface area (Å²) in [5, 5.41) is 9.76. The average molecular weight is 367 g/mol. The normalized spacial score (nSPS) is 17.9. The number of thiazole rings is 1. The fraction of sp³-hybridized carbons (Fsp3) is 0.706. The Labute approximate surface area is 154 Å². The third-order valence-corrected chi connectivity index (χ3v) is 5.06. The number of carbonyl (C=O) groups excluding carboxylic acids is 1. The number of hydrogen-bond donors (Lipinski definition) is 2. The first-order valence-electron chi connectivity index (χ1n) is 8.86. The number of rotatable bonds is 6. The molecule has 1 unspecified atom stereocenters. The number of nitrogens with one attached hydrogen (secondary N) is 2. The molecule has 1 saturated heterocycles. The lowest BCUT2D eigenvalue weighted by molar-refractivity contribution is -0.133. The van der Waals surface area contributed by atoms with E-state index >= 15 is 0 Å². The maximum Gasteiger partial charge on any atom is 0.225 e. The van der Waals surface area contributed by atoms with Crippen molar-refractivity contribution in [2.45, 2.75) is 39.8 Å². The van der Waals surface area contributed by atoms with Gasteiger partial charge in [-0.2, -0.15) is 0 Å². The third-order valence-electron chi connectivity index (χ3n) is 4.00. The van der Waals surface area contributed by atoms with Gasteiger partial charge in [0.2, 0.25) is 5.91 Å². The van der Waals surface area contributed by atoms with Gasteiger partial charge in [0.25, 0.3) is 0 Å². The second-order valence-electron chi connectivity index (χ2n) is 6.78. The summed E-state index contributed by atoms with van der Waals surface area (Å²) in [4.78, 5) is 25.3. The zero-order valence-electron chi connectivity index (χ0n) is 15.9. The van der Waals surface area contributed by atoms with Crippen LogP contribution in [-0.2, 0) is 11.3 Å². The second kappa shape index (κ2) is 9.03. The highest BCUT2D eigenvalue weighted by Gasteiger charge is 2.27. The van der Waals surface area contributed by atoms with E-state index in [-0.39, 0.29) is 17.9 Å². The molecule has 8 heteroatoms.